The third-order valence-corrected chi connectivity index (χ3v) is 3.05. The van der Waals surface area contributed by atoms with Gasteiger partial charge in [-0.2, -0.15) is 0 Å². The predicted molar refractivity (Wildman–Crippen MR) is 81.8 cm³/mol. The van der Waals surface area contributed by atoms with Crippen LogP contribution < -0.4 is 5.32 Å². The standard InChI is InChI=1S/C16H14ClNO3/c1-11(15(19)12-5-3-2-4-6-12)21-16(20)18-14-9-7-13(17)8-10-14/h2-11H,1H3,(H,18,20). The van der Waals surface area contributed by atoms with Crippen LogP contribution in [0.2, 0.25) is 5.02 Å². The molecule has 5 heteroatoms. The van der Waals surface area contributed by atoms with E-state index in [9.17, 15) is 9.59 Å². The average molecular weight is 304 g/mol. The second-order valence-corrected chi connectivity index (χ2v) is 4.85. The Labute approximate surface area is 127 Å². The Kier molecular flexibility index (Phi) is 4.95. The van der Waals surface area contributed by atoms with Gasteiger partial charge in [-0.1, -0.05) is 41.9 Å². The van der Waals surface area contributed by atoms with Crippen molar-refractivity contribution in [3.8, 4) is 0 Å². The van der Waals surface area contributed by atoms with Crippen molar-refractivity contribution in [1.82, 2.24) is 0 Å². The number of hydrogen-bond acceptors (Lipinski definition) is 3. The lowest BCUT2D eigenvalue weighted by Gasteiger charge is -2.13. The molecular formula is C16H14ClNO3. The molecule has 0 saturated carbocycles. The van der Waals surface area contributed by atoms with Crippen LogP contribution in [-0.2, 0) is 4.74 Å². The molecule has 0 heterocycles. The van der Waals surface area contributed by atoms with Gasteiger partial charge in [-0.05, 0) is 31.2 Å². The summed E-state index contributed by atoms with van der Waals surface area (Å²) in [4.78, 5) is 23.8. The van der Waals surface area contributed by atoms with Crippen molar-refractivity contribution in [2.75, 3.05) is 5.32 Å². The number of hydrogen-bond donors (Lipinski definition) is 1. The van der Waals surface area contributed by atoms with E-state index in [1.807, 2.05) is 6.07 Å². The van der Waals surface area contributed by atoms with Crippen LogP contribution in [0.4, 0.5) is 10.5 Å². The van der Waals surface area contributed by atoms with Crippen molar-refractivity contribution < 1.29 is 14.3 Å². The summed E-state index contributed by atoms with van der Waals surface area (Å²) in [7, 11) is 0. The molecule has 2 aromatic carbocycles. The fourth-order valence-electron chi connectivity index (χ4n) is 1.73. The number of nitrogens with one attached hydrogen (secondary N) is 1. The number of carbonyl (C=O) groups is 2. The number of amides is 1. The lowest BCUT2D eigenvalue weighted by Crippen LogP contribution is -2.27. The third kappa shape index (κ3) is 4.33. The van der Waals surface area contributed by atoms with E-state index >= 15 is 0 Å². The molecule has 0 saturated heterocycles. The van der Waals surface area contributed by atoms with E-state index in [1.54, 1.807) is 48.5 Å². The maximum atomic E-state index is 12.1. The molecule has 0 radical (unpaired) electrons. The van der Waals surface area contributed by atoms with Crippen LogP contribution in [-0.4, -0.2) is 18.0 Å². The van der Waals surface area contributed by atoms with Gasteiger partial charge < -0.3 is 4.74 Å². The monoisotopic (exact) mass is 303 g/mol. The molecule has 0 fully saturated rings. The van der Waals surface area contributed by atoms with E-state index in [0.29, 0.717) is 16.3 Å². The van der Waals surface area contributed by atoms with E-state index < -0.39 is 12.2 Å². The van der Waals surface area contributed by atoms with Gasteiger partial charge in [-0.25, -0.2) is 4.79 Å². The molecule has 0 aliphatic carbocycles. The number of rotatable bonds is 4. The van der Waals surface area contributed by atoms with Crippen LogP contribution >= 0.6 is 11.6 Å². The fraction of sp³-hybridized carbons (Fsp3) is 0.125. The highest BCUT2D eigenvalue weighted by Crippen LogP contribution is 2.14. The summed E-state index contributed by atoms with van der Waals surface area (Å²) in [5.41, 5.74) is 1.05. The maximum absolute atomic E-state index is 12.1. The molecule has 0 bridgehead atoms. The molecule has 108 valence electrons. The van der Waals surface area contributed by atoms with Crippen LogP contribution in [0.25, 0.3) is 0 Å². The number of ketones is 1. The number of Topliss-reactive ketones (excluding diaryl/α,β-unsaturated/α-hetero) is 1. The minimum atomic E-state index is -0.861. The first-order valence-corrected chi connectivity index (χ1v) is 6.76. The van der Waals surface area contributed by atoms with E-state index in [4.69, 9.17) is 16.3 Å². The van der Waals surface area contributed by atoms with E-state index in [2.05, 4.69) is 5.32 Å². The topological polar surface area (TPSA) is 55.4 Å². The SMILES string of the molecule is CC(OC(=O)Nc1ccc(Cl)cc1)C(=O)c1ccccc1. The molecule has 2 aromatic rings. The zero-order valence-electron chi connectivity index (χ0n) is 11.4. The Morgan fingerprint density at radius 2 is 1.67 bits per heavy atom. The Hall–Kier alpha value is -2.33. The fourth-order valence-corrected chi connectivity index (χ4v) is 1.86. The molecule has 1 N–H and O–H groups in total. The lowest BCUT2D eigenvalue weighted by atomic mass is 10.1. The molecule has 0 aliphatic rings. The van der Waals surface area contributed by atoms with Gasteiger partial charge in [0.25, 0.3) is 0 Å². The van der Waals surface area contributed by atoms with Crippen molar-refractivity contribution in [3.63, 3.8) is 0 Å². The van der Waals surface area contributed by atoms with Gasteiger partial charge in [0.05, 0.1) is 0 Å². The highest BCUT2D eigenvalue weighted by Gasteiger charge is 2.19. The number of halogens is 1. The van der Waals surface area contributed by atoms with Crippen LogP contribution in [0.3, 0.4) is 0 Å². The highest BCUT2D eigenvalue weighted by molar-refractivity contribution is 6.30. The quantitative estimate of drug-likeness (QED) is 0.863. The van der Waals surface area contributed by atoms with Crippen LogP contribution in [0.5, 0.6) is 0 Å². The first-order valence-electron chi connectivity index (χ1n) is 6.39. The minimum Gasteiger partial charge on any atom is -0.438 e. The summed E-state index contributed by atoms with van der Waals surface area (Å²) in [6, 6.07) is 15.3. The summed E-state index contributed by atoms with van der Waals surface area (Å²) in [6.07, 6.45) is -1.55. The molecule has 1 amide bonds. The van der Waals surface area contributed by atoms with Crippen molar-refractivity contribution in [3.05, 3.63) is 65.2 Å². The normalized spacial score (nSPS) is 11.5. The average Bonchev–Trinajstić information content (AvgIpc) is 2.49. The van der Waals surface area contributed by atoms with Gasteiger partial charge in [0.15, 0.2) is 6.10 Å². The van der Waals surface area contributed by atoms with Gasteiger partial charge in [-0.3, -0.25) is 10.1 Å². The van der Waals surface area contributed by atoms with Gasteiger partial charge in [-0.15, -0.1) is 0 Å². The van der Waals surface area contributed by atoms with E-state index in [-0.39, 0.29) is 5.78 Å². The van der Waals surface area contributed by atoms with Gasteiger partial charge in [0, 0.05) is 16.3 Å². The Bertz CT molecular complexity index is 626. The van der Waals surface area contributed by atoms with Crippen molar-refractivity contribution in [2.45, 2.75) is 13.0 Å². The molecule has 0 aromatic heterocycles. The van der Waals surface area contributed by atoms with Crippen molar-refractivity contribution in [2.24, 2.45) is 0 Å². The summed E-state index contributed by atoms with van der Waals surface area (Å²) < 4.78 is 5.07. The molecule has 1 unspecified atom stereocenters. The summed E-state index contributed by atoms with van der Waals surface area (Å²) in [5.74, 6) is -0.248. The molecule has 1 atom stereocenters. The molecule has 2 rings (SSSR count). The summed E-state index contributed by atoms with van der Waals surface area (Å²) in [5, 5.41) is 3.11. The van der Waals surface area contributed by atoms with E-state index in [0.717, 1.165) is 0 Å². The van der Waals surface area contributed by atoms with Crippen LogP contribution in [0.1, 0.15) is 17.3 Å². The third-order valence-electron chi connectivity index (χ3n) is 2.80. The molecule has 0 spiro atoms. The van der Waals surface area contributed by atoms with Gasteiger partial charge in [0.2, 0.25) is 5.78 Å². The number of ether oxygens (including phenoxy) is 1. The zero-order chi connectivity index (χ0) is 15.2. The Morgan fingerprint density at radius 1 is 1.05 bits per heavy atom. The Morgan fingerprint density at radius 3 is 2.29 bits per heavy atom. The smallest absolute Gasteiger partial charge is 0.412 e. The minimum absolute atomic E-state index is 0.248. The lowest BCUT2D eigenvalue weighted by molar-refractivity contribution is 0.0706. The largest absolute Gasteiger partial charge is 0.438 e. The van der Waals surface area contributed by atoms with Gasteiger partial charge in [0.1, 0.15) is 0 Å². The molecular weight excluding hydrogens is 290 g/mol. The second-order valence-electron chi connectivity index (χ2n) is 4.41. The van der Waals surface area contributed by atoms with Crippen LogP contribution in [0, 0.1) is 0 Å². The molecule has 4 nitrogen and oxygen atoms in total. The number of anilines is 1. The maximum Gasteiger partial charge on any atom is 0.412 e. The van der Waals surface area contributed by atoms with Crippen molar-refractivity contribution in [1.29, 1.82) is 0 Å². The second kappa shape index (κ2) is 6.90. The number of carbonyl (C=O) groups excluding carboxylic acids is 2. The molecule has 21 heavy (non-hydrogen) atoms. The van der Waals surface area contributed by atoms with Gasteiger partial charge >= 0.3 is 6.09 Å². The Balaban J connectivity index is 1.93. The summed E-state index contributed by atoms with van der Waals surface area (Å²) >= 11 is 5.75. The first-order chi connectivity index (χ1) is 10.1. The predicted octanol–water partition coefficient (Wildman–Crippen LogP) is 4.16. The van der Waals surface area contributed by atoms with E-state index in [1.165, 1.54) is 6.92 Å². The molecule has 0 aliphatic heterocycles. The van der Waals surface area contributed by atoms with Crippen LogP contribution in [0.15, 0.2) is 54.6 Å². The highest BCUT2D eigenvalue weighted by atomic mass is 35.5. The summed E-state index contributed by atoms with van der Waals surface area (Å²) in [6.45, 7) is 1.54. The van der Waals surface area contributed by atoms with Crippen molar-refractivity contribution >= 4 is 29.2 Å². The number of benzene rings is 2. The zero-order valence-corrected chi connectivity index (χ0v) is 12.1. The first kappa shape index (κ1) is 15.1.